The van der Waals surface area contributed by atoms with Crippen molar-refractivity contribution in [3.05, 3.63) is 0 Å². The third kappa shape index (κ3) is 220. The van der Waals surface area contributed by atoms with Gasteiger partial charge in [-0.3, -0.25) is 0 Å². The monoisotopic (exact) mass is 2150 g/mol. The third-order valence-electron chi connectivity index (χ3n) is 25.4. The summed E-state index contributed by atoms with van der Waals surface area (Å²) in [6.45, 7) is 130. The number of unbranched alkanes of at least 4 members (excludes halogenated alkanes) is 1. The molecule has 0 fully saturated rings. The predicted octanol–water partition coefficient (Wildman–Crippen LogP) is 30.4. The molecule has 13 unspecified atom stereocenters. The van der Waals surface area contributed by atoms with E-state index in [-0.39, 0.29) is 60.9 Å². The van der Waals surface area contributed by atoms with Gasteiger partial charge in [-0.1, -0.05) is 393 Å². The van der Waals surface area contributed by atoms with Crippen molar-refractivity contribution in [2.24, 2.45) is 159 Å². The molecule has 0 bridgehead atoms. The zero-order valence-electron chi connectivity index (χ0n) is 112. The van der Waals surface area contributed by atoms with Gasteiger partial charge in [-0.05, 0) is 318 Å². The van der Waals surface area contributed by atoms with Crippen molar-refractivity contribution in [2.45, 2.75) is 617 Å². The summed E-state index contributed by atoms with van der Waals surface area (Å²) in [6, 6.07) is 0. The van der Waals surface area contributed by atoms with Crippen LogP contribution in [0.4, 0.5) is 0 Å². The fourth-order valence-corrected chi connectivity index (χ4v) is 9.85. The standard InChI is InChI=1S/12C7H16O.5C6H14O.2C5H12O.C4H10O/c1-6(2)7(3,4)5-8;1-6(2)5-7(3,4)8;1-6(2)4-7(3)5-8;1-6(2)7(3)4-5-8;1-6(2)4-5-7(3)8;1-5-7(4,8)6(2)3;1-5(2)6(3)7(4)8;1-5(2)7(8)6(3)4;1-7(2)5-3-4-6-8;1-4-7(5-8)6(2)3;1-4-7(8)5-6(2)3;1-4-5-7(8)6(2)3;1-5(2)6(3,4)7;1-5(2)6(3)4-7;1-5(2)4-6(3)7;1-6(2)4-3-5-7;1-4-6(7)5(2)3;1-5(2)3-4-6;1-4(2)5(3)6;1-4(2)3-5/h2*6,8H,5H2,1-4H3;3*6-8H,4-5H2,1-3H3;6,8H,5H2,1-4H3;2*5-8H,1-4H3;7-8H,3-6H2,1-2H3;3*6-8H,4-5H2,1-3H3;5,7H,1-4H3;2*5-7H,4H2,1-3H3;6-7H,3-5H2,1-2H3;5-7H,4H2,1-3H3;5-6H,3-4H2,1-2H3;4-6H,1-3H3;4-5H,3H2,1-2H3. The average molecular weight is 2160 g/mol. The molecule has 0 aromatic heterocycles. The van der Waals surface area contributed by atoms with Crippen LogP contribution in [0.1, 0.15) is 551 Å². The Morgan fingerprint density at radius 1 is 0.250 bits per heavy atom. The molecule has 0 aromatic carbocycles. The summed E-state index contributed by atoms with van der Waals surface area (Å²) in [6.07, 6.45) is 18.1. The number of rotatable bonds is 46. The molecule has 20 nitrogen and oxygen atoms in total. The van der Waals surface area contributed by atoms with Gasteiger partial charge >= 0.3 is 0 Å². The van der Waals surface area contributed by atoms with E-state index in [1.807, 2.05) is 194 Å². The average Bonchev–Trinajstić information content (AvgIpc) is 0.924. The summed E-state index contributed by atoms with van der Waals surface area (Å²) >= 11 is 0. The van der Waals surface area contributed by atoms with Crippen LogP contribution < -0.4 is 0 Å². The Kier molecular flexibility index (Phi) is 173. The first-order valence-corrected chi connectivity index (χ1v) is 59.8. The van der Waals surface area contributed by atoms with Gasteiger partial charge in [-0.2, -0.15) is 0 Å². The Morgan fingerprint density at radius 3 is 0.662 bits per heavy atom. The van der Waals surface area contributed by atoms with E-state index < -0.39 is 16.8 Å². The smallest absolute Gasteiger partial charge is 0.0639 e. The summed E-state index contributed by atoms with van der Waals surface area (Å²) in [4.78, 5) is 0. The fourth-order valence-electron chi connectivity index (χ4n) is 9.85. The van der Waals surface area contributed by atoms with Crippen LogP contribution in [0, 0.1) is 159 Å². The van der Waals surface area contributed by atoms with E-state index in [9.17, 15) is 15.3 Å². The van der Waals surface area contributed by atoms with E-state index >= 15 is 0 Å². The Bertz CT molecular complexity index is 2110. The van der Waals surface area contributed by atoms with E-state index in [4.69, 9.17) is 86.8 Å². The SMILES string of the molecule is CC(C)C(C)(C)CO.CC(C)C(C)(C)O.CC(C)C(C)C(C)O.CC(C)C(C)CCO.CC(C)C(C)CO.CC(C)C(C)O.CC(C)C(O)C(C)C.CC(C)CC(C)(C)O.CC(C)CC(C)CO.CC(C)CC(C)O.CC(C)CCC(C)O.CC(C)CCCCO.CC(C)CCCO.CC(C)CCO.CC(C)CO.CCC(C)(O)C(C)C.CCC(CO)C(C)C.CCC(O)C(C)C.CCC(O)CC(C)C.CCCC(O)C(C)C. The van der Waals surface area contributed by atoms with Crippen LogP contribution in [-0.4, -0.2) is 227 Å². The minimum absolute atomic E-state index is 0.0741. The highest BCUT2D eigenvalue weighted by Crippen LogP contribution is 2.25. The highest BCUT2D eigenvalue weighted by molar-refractivity contribution is 4.74. The largest absolute Gasteiger partial charge is 0.396 e. The van der Waals surface area contributed by atoms with Crippen LogP contribution in [-0.2, 0) is 0 Å². The van der Waals surface area contributed by atoms with E-state index in [0.29, 0.717) is 183 Å². The summed E-state index contributed by atoms with van der Waals surface area (Å²) in [7, 11) is 0. The summed E-state index contributed by atoms with van der Waals surface area (Å²) in [5.74, 6) is 14.3. The van der Waals surface area contributed by atoms with Crippen molar-refractivity contribution in [1.82, 2.24) is 0 Å². The molecular weight excluding hydrogens is 1860 g/mol. The van der Waals surface area contributed by atoms with Gasteiger partial charge in [0, 0.05) is 59.5 Å². The molecule has 148 heavy (non-hydrogen) atoms. The van der Waals surface area contributed by atoms with Crippen molar-refractivity contribution >= 4 is 0 Å². The molecule has 20 heteroatoms. The van der Waals surface area contributed by atoms with Gasteiger partial charge in [0.25, 0.3) is 0 Å². The first-order chi connectivity index (χ1) is 66.7. The van der Waals surface area contributed by atoms with Crippen molar-refractivity contribution in [3.63, 3.8) is 0 Å². The molecule has 0 spiro atoms. The second kappa shape index (κ2) is 131. The van der Waals surface area contributed by atoms with Crippen LogP contribution in [0.15, 0.2) is 0 Å². The Balaban J connectivity index is -0.0000000648. The minimum Gasteiger partial charge on any atom is -0.396 e. The maximum Gasteiger partial charge on any atom is 0.0639 e. The minimum atomic E-state index is -0.500. The van der Waals surface area contributed by atoms with Crippen molar-refractivity contribution in [3.8, 4) is 0 Å². The molecule has 0 amide bonds. The van der Waals surface area contributed by atoms with Gasteiger partial charge in [0.1, 0.15) is 0 Å². The van der Waals surface area contributed by atoms with Crippen LogP contribution >= 0.6 is 0 Å². The molecular formula is C128H296O20. The van der Waals surface area contributed by atoms with Crippen molar-refractivity contribution in [1.29, 1.82) is 0 Å². The van der Waals surface area contributed by atoms with E-state index in [1.54, 1.807) is 6.92 Å². The highest BCUT2D eigenvalue weighted by atomic mass is 16.3. The first kappa shape index (κ1) is 194. The molecule has 928 valence electrons. The van der Waals surface area contributed by atoms with Gasteiger partial charge in [0.15, 0.2) is 0 Å². The van der Waals surface area contributed by atoms with Crippen LogP contribution in [0.3, 0.4) is 0 Å². The molecule has 20 N–H and O–H groups in total. The number of hydrogen-bond donors (Lipinski definition) is 20. The number of aliphatic hydroxyl groups is 20. The maximum absolute atomic E-state index is 9.40. The second-order valence-corrected chi connectivity index (χ2v) is 52.0. The van der Waals surface area contributed by atoms with Crippen molar-refractivity contribution in [2.75, 3.05) is 59.5 Å². The zero-order chi connectivity index (χ0) is 123. The molecule has 0 aliphatic carbocycles. The lowest BCUT2D eigenvalue weighted by molar-refractivity contribution is 0.00995. The number of hydrogen-bond acceptors (Lipinski definition) is 20. The van der Waals surface area contributed by atoms with Gasteiger partial charge in [-0.15, -0.1) is 0 Å². The molecule has 0 rings (SSSR count). The van der Waals surface area contributed by atoms with E-state index in [0.717, 1.165) is 133 Å². The molecule has 0 heterocycles. The van der Waals surface area contributed by atoms with Crippen LogP contribution in [0.25, 0.3) is 0 Å². The molecule has 0 aliphatic heterocycles. The molecule has 0 aromatic rings. The van der Waals surface area contributed by atoms with E-state index in [1.165, 1.54) is 12.8 Å². The summed E-state index contributed by atoms with van der Waals surface area (Å²) in [5, 5.41) is 175. The quantitative estimate of drug-likeness (QED) is 0.0252. The Labute approximate surface area is 932 Å². The van der Waals surface area contributed by atoms with Gasteiger partial charge in [0.05, 0.1) is 65.6 Å². The zero-order valence-corrected chi connectivity index (χ0v) is 112. The molecule has 0 saturated heterocycles. The first-order valence-electron chi connectivity index (χ1n) is 59.8. The second-order valence-electron chi connectivity index (χ2n) is 52.0. The molecule has 13 atom stereocenters. The van der Waals surface area contributed by atoms with Gasteiger partial charge < -0.3 is 102 Å². The van der Waals surface area contributed by atoms with Crippen LogP contribution in [0.5, 0.6) is 0 Å². The Hall–Kier alpha value is -0.800. The third-order valence-corrected chi connectivity index (χ3v) is 25.4. The molecule has 0 saturated carbocycles. The topological polar surface area (TPSA) is 405 Å². The normalized spacial score (nSPS) is 13.9. The van der Waals surface area contributed by atoms with E-state index in [2.05, 4.69) is 228 Å². The number of aliphatic hydroxyl groups excluding tert-OH is 17. The summed E-state index contributed by atoms with van der Waals surface area (Å²) in [5.41, 5.74) is -1.34. The lowest BCUT2D eigenvalue weighted by Crippen LogP contribution is -2.29. The lowest BCUT2D eigenvalue weighted by Gasteiger charge is -2.25. The molecule has 0 radical (unpaired) electrons. The van der Waals surface area contributed by atoms with Gasteiger partial charge in [0.2, 0.25) is 0 Å². The maximum atomic E-state index is 9.40. The molecule has 0 aliphatic rings. The lowest BCUT2D eigenvalue weighted by atomic mass is 9.82. The van der Waals surface area contributed by atoms with Crippen LogP contribution in [0.2, 0.25) is 0 Å². The van der Waals surface area contributed by atoms with Crippen molar-refractivity contribution < 1.29 is 102 Å². The van der Waals surface area contributed by atoms with Gasteiger partial charge in [-0.25, -0.2) is 0 Å². The summed E-state index contributed by atoms with van der Waals surface area (Å²) < 4.78 is 0. The fraction of sp³-hybridized carbons (Fsp3) is 1.00. The highest BCUT2D eigenvalue weighted by Gasteiger charge is 2.23. The Morgan fingerprint density at radius 2 is 0.601 bits per heavy atom. The predicted molar refractivity (Wildman–Crippen MR) is 659 cm³/mol.